The molecular formula is C12H19N3O3S. The summed E-state index contributed by atoms with van der Waals surface area (Å²) < 4.78 is 5.07. The van der Waals surface area contributed by atoms with E-state index in [9.17, 15) is 4.79 Å². The van der Waals surface area contributed by atoms with Crippen LogP contribution in [0.25, 0.3) is 0 Å². The highest BCUT2D eigenvalue weighted by Crippen LogP contribution is 2.23. The number of hydrogen-bond acceptors (Lipinski definition) is 5. The summed E-state index contributed by atoms with van der Waals surface area (Å²) in [4.78, 5) is 14.7. The summed E-state index contributed by atoms with van der Waals surface area (Å²) in [7, 11) is 1.56. The van der Waals surface area contributed by atoms with Gasteiger partial charge in [-0.3, -0.25) is 4.79 Å². The van der Waals surface area contributed by atoms with Crippen molar-refractivity contribution in [3.63, 3.8) is 0 Å². The maximum atomic E-state index is 12.4. The molecule has 0 spiro atoms. The third kappa shape index (κ3) is 4.13. The minimum atomic E-state index is -0.0750. The standard InChI is InChI=1S/C12H19N3O3S/c1-8(2)15(5-4-11(13)14-17)12(16)10-6-9(18-3)7-19-10/h6-8,17H,4-5H2,1-3H3,(H2,13,14). The van der Waals surface area contributed by atoms with Gasteiger partial charge in [-0.1, -0.05) is 5.16 Å². The number of amides is 1. The van der Waals surface area contributed by atoms with E-state index >= 15 is 0 Å². The highest BCUT2D eigenvalue weighted by atomic mass is 32.1. The van der Waals surface area contributed by atoms with Gasteiger partial charge in [-0.25, -0.2) is 0 Å². The Kier molecular flexibility index (Phi) is 5.62. The summed E-state index contributed by atoms with van der Waals surface area (Å²) in [6, 6.07) is 1.75. The van der Waals surface area contributed by atoms with Crippen molar-refractivity contribution >= 4 is 23.1 Å². The minimum absolute atomic E-state index is 0.0343. The number of oxime groups is 1. The Morgan fingerprint density at radius 1 is 1.63 bits per heavy atom. The van der Waals surface area contributed by atoms with Crippen LogP contribution in [0.15, 0.2) is 16.6 Å². The molecule has 1 rings (SSSR count). The highest BCUT2D eigenvalue weighted by Gasteiger charge is 2.20. The van der Waals surface area contributed by atoms with Gasteiger partial charge in [0.25, 0.3) is 5.91 Å². The van der Waals surface area contributed by atoms with Crippen LogP contribution in [-0.4, -0.2) is 41.5 Å². The predicted octanol–water partition coefficient (Wildman–Crippen LogP) is 1.74. The van der Waals surface area contributed by atoms with Gasteiger partial charge in [-0.2, -0.15) is 0 Å². The smallest absolute Gasteiger partial charge is 0.264 e. The zero-order valence-corrected chi connectivity index (χ0v) is 12.1. The maximum absolute atomic E-state index is 12.4. The normalized spacial score (nSPS) is 11.7. The van der Waals surface area contributed by atoms with Crippen molar-refractivity contribution in [1.82, 2.24) is 4.90 Å². The van der Waals surface area contributed by atoms with Crippen LogP contribution in [0.4, 0.5) is 0 Å². The second-order valence-electron chi connectivity index (χ2n) is 4.28. The molecule has 106 valence electrons. The molecule has 0 aliphatic carbocycles. The summed E-state index contributed by atoms with van der Waals surface area (Å²) in [5.74, 6) is 0.713. The van der Waals surface area contributed by atoms with Gasteiger partial charge < -0.3 is 20.6 Å². The van der Waals surface area contributed by atoms with E-state index in [1.807, 2.05) is 13.8 Å². The first-order valence-corrected chi connectivity index (χ1v) is 6.77. The van der Waals surface area contributed by atoms with E-state index in [1.54, 1.807) is 23.5 Å². The van der Waals surface area contributed by atoms with Gasteiger partial charge in [0.05, 0.1) is 12.0 Å². The number of ether oxygens (including phenoxy) is 1. The van der Waals surface area contributed by atoms with Crippen LogP contribution in [-0.2, 0) is 0 Å². The molecule has 0 radical (unpaired) electrons. The quantitative estimate of drug-likeness (QED) is 0.361. The van der Waals surface area contributed by atoms with Crippen LogP contribution in [0.3, 0.4) is 0 Å². The van der Waals surface area contributed by atoms with Crippen LogP contribution in [0.2, 0.25) is 0 Å². The van der Waals surface area contributed by atoms with Crippen molar-refractivity contribution in [1.29, 1.82) is 0 Å². The van der Waals surface area contributed by atoms with Crippen molar-refractivity contribution in [2.24, 2.45) is 10.9 Å². The van der Waals surface area contributed by atoms with E-state index in [2.05, 4.69) is 5.16 Å². The number of methoxy groups -OCH3 is 1. The van der Waals surface area contributed by atoms with E-state index in [1.165, 1.54) is 11.3 Å². The zero-order valence-electron chi connectivity index (χ0n) is 11.3. The highest BCUT2D eigenvalue weighted by molar-refractivity contribution is 7.12. The number of hydrogen-bond donors (Lipinski definition) is 2. The Hall–Kier alpha value is -1.76. The lowest BCUT2D eigenvalue weighted by Crippen LogP contribution is -2.38. The molecular weight excluding hydrogens is 266 g/mol. The molecule has 0 aromatic carbocycles. The lowest BCUT2D eigenvalue weighted by Gasteiger charge is -2.26. The predicted molar refractivity (Wildman–Crippen MR) is 75.1 cm³/mol. The lowest BCUT2D eigenvalue weighted by molar-refractivity contribution is 0.0715. The Morgan fingerprint density at radius 3 is 2.79 bits per heavy atom. The van der Waals surface area contributed by atoms with Crippen LogP contribution in [0, 0.1) is 0 Å². The van der Waals surface area contributed by atoms with E-state index in [-0.39, 0.29) is 17.8 Å². The van der Waals surface area contributed by atoms with Crippen molar-refractivity contribution in [3.8, 4) is 5.75 Å². The van der Waals surface area contributed by atoms with Crippen molar-refractivity contribution in [2.45, 2.75) is 26.3 Å². The third-order valence-electron chi connectivity index (χ3n) is 2.64. The number of amidine groups is 1. The maximum Gasteiger partial charge on any atom is 0.264 e. The van der Waals surface area contributed by atoms with Crippen LogP contribution >= 0.6 is 11.3 Å². The van der Waals surface area contributed by atoms with E-state index in [0.29, 0.717) is 23.6 Å². The monoisotopic (exact) mass is 285 g/mol. The lowest BCUT2D eigenvalue weighted by atomic mass is 10.2. The van der Waals surface area contributed by atoms with Gasteiger partial charge in [0.15, 0.2) is 0 Å². The summed E-state index contributed by atoms with van der Waals surface area (Å²) in [6.07, 6.45) is 0.336. The van der Waals surface area contributed by atoms with Crippen LogP contribution < -0.4 is 10.5 Å². The second kappa shape index (κ2) is 6.98. The summed E-state index contributed by atoms with van der Waals surface area (Å²) in [5.41, 5.74) is 5.43. The SMILES string of the molecule is COc1csc(C(=O)N(CCC(N)=NO)C(C)C)c1. The molecule has 0 atom stereocenters. The van der Waals surface area contributed by atoms with Gasteiger partial charge in [0, 0.05) is 30.5 Å². The van der Waals surface area contributed by atoms with Gasteiger partial charge in [0.2, 0.25) is 0 Å². The van der Waals surface area contributed by atoms with Gasteiger partial charge in [-0.15, -0.1) is 11.3 Å². The Bertz CT molecular complexity index is 457. The summed E-state index contributed by atoms with van der Waals surface area (Å²) in [6.45, 7) is 4.26. The number of carbonyl (C=O) groups is 1. The Balaban J connectivity index is 2.78. The molecule has 0 unspecified atom stereocenters. The molecule has 7 heteroatoms. The number of rotatable bonds is 6. The molecule has 0 fully saturated rings. The third-order valence-corrected chi connectivity index (χ3v) is 3.54. The molecule has 1 aromatic rings. The van der Waals surface area contributed by atoms with Crippen molar-refractivity contribution in [2.75, 3.05) is 13.7 Å². The average Bonchev–Trinajstić information content (AvgIpc) is 2.86. The van der Waals surface area contributed by atoms with Crippen molar-refractivity contribution in [3.05, 3.63) is 16.3 Å². The fraction of sp³-hybridized carbons (Fsp3) is 0.500. The Morgan fingerprint density at radius 2 is 2.32 bits per heavy atom. The first-order valence-electron chi connectivity index (χ1n) is 5.89. The molecule has 0 saturated heterocycles. The van der Waals surface area contributed by atoms with E-state index in [4.69, 9.17) is 15.7 Å². The zero-order chi connectivity index (χ0) is 14.4. The first-order chi connectivity index (χ1) is 8.99. The van der Waals surface area contributed by atoms with E-state index < -0.39 is 0 Å². The minimum Gasteiger partial charge on any atom is -0.496 e. The molecule has 6 nitrogen and oxygen atoms in total. The molecule has 0 aliphatic rings. The average molecular weight is 285 g/mol. The number of carbonyl (C=O) groups excluding carboxylic acids is 1. The summed E-state index contributed by atoms with van der Waals surface area (Å²) >= 11 is 1.34. The number of thiophene rings is 1. The molecule has 0 saturated carbocycles. The van der Waals surface area contributed by atoms with E-state index in [0.717, 1.165) is 0 Å². The number of nitrogens with zero attached hydrogens (tertiary/aromatic N) is 2. The van der Waals surface area contributed by atoms with Crippen LogP contribution in [0.1, 0.15) is 29.9 Å². The van der Waals surface area contributed by atoms with Crippen LogP contribution in [0.5, 0.6) is 5.75 Å². The molecule has 1 amide bonds. The fourth-order valence-electron chi connectivity index (χ4n) is 1.56. The molecule has 19 heavy (non-hydrogen) atoms. The first kappa shape index (κ1) is 15.3. The molecule has 3 N–H and O–H groups in total. The van der Waals surface area contributed by atoms with Gasteiger partial charge in [0.1, 0.15) is 11.6 Å². The summed E-state index contributed by atoms with van der Waals surface area (Å²) in [5, 5.41) is 13.2. The molecule has 0 bridgehead atoms. The van der Waals surface area contributed by atoms with Crippen molar-refractivity contribution < 1.29 is 14.7 Å². The second-order valence-corrected chi connectivity index (χ2v) is 5.20. The molecule has 1 aromatic heterocycles. The van der Waals surface area contributed by atoms with Gasteiger partial charge >= 0.3 is 0 Å². The number of nitrogens with two attached hydrogens (primary N) is 1. The molecule has 1 heterocycles. The fourth-order valence-corrected chi connectivity index (χ4v) is 2.37. The Labute approximate surface area is 116 Å². The molecule has 0 aliphatic heterocycles. The largest absolute Gasteiger partial charge is 0.496 e. The van der Waals surface area contributed by atoms with Gasteiger partial charge in [-0.05, 0) is 13.8 Å². The topological polar surface area (TPSA) is 88.2 Å².